The van der Waals surface area contributed by atoms with E-state index in [1.54, 1.807) is 17.8 Å². The molecule has 3 rings (SSSR count). The molecule has 1 aliphatic rings. The molecule has 1 aliphatic heterocycles. The van der Waals surface area contributed by atoms with E-state index in [9.17, 15) is 4.79 Å². The van der Waals surface area contributed by atoms with Gasteiger partial charge in [-0.25, -0.2) is 0 Å². The number of Topliss-reactive ketones (excluding diaryl/α,β-unsaturated/α-hetero) is 1. The Labute approximate surface area is 131 Å². The zero-order chi connectivity index (χ0) is 14.1. The Balaban J connectivity index is 2.10. The highest BCUT2D eigenvalue weighted by Crippen LogP contribution is 2.47. The second-order valence-electron chi connectivity index (χ2n) is 4.38. The molecule has 102 valence electrons. The monoisotopic (exact) mass is 323 g/mol. The van der Waals surface area contributed by atoms with Gasteiger partial charge in [0.25, 0.3) is 0 Å². The van der Waals surface area contributed by atoms with E-state index >= 15 is 0 Å². The van der Waals surface area contributed by atoms with Crippen molar-refractivity contribution in [1.29, 1.82) is 0 Å². The van der Waals surface area contributed by atoms with Crippen molar-refractivity contribution in [2.24, 2.45) is 0 Å². The van der Waals surface area contributed by atoms with Crippen LogP contribution >= 0.6 is 35.0 Å². The molecular weight excluding hydrogens is 313 g/mol. The molecule has 0 atom stereocenters. The van der Waals surface area contributed by atoms with Crippen LogP contribution in [-0.4, -0.2) is 11.7 Å². The van der Waals surface area contributed by atoms with E-state index in [0.717, 1.165) is 21.2 Å². The molecule has 0 unspecified atom stereocenters. The quantitative estimate of drug-likeness (QED) is 0.519. The fraction of sp³-hybridized carbons (Fsp3) is 0.133. The Morgan fingerprint density at radius 1 is 1.15 bits per heavy atom. The zero-order valence-corrected chi connectivity index (χ0v) is 12.8. The summed E-state index contributed by atoms with van der Waals surface area (Å²) in [5, 5.41) is 3.78. The summed E-state index contributed by atoms with van der Waals surface area (Å²) in [6, 6.07) is 11.7. The SMILES string of the molecule is O=C(CCCl)c1c(Cl)ccc2c1Nc1ccccc1S2. The summed E-state index contributed by atoms with van der Waals surface area (Å²) < 4.78 is 0. The van der Waals surface area contributed by atoms with Gasteiger partial charge in [0.15, 0.2) is 5.78 Å². The maximum atomic E-state index is 12.2. The minimum atomic E-state index is -0.0330. The highest BCUT2D eigenvalue weighted by atomic mass is 35.5. The molecule has 2 nitrogen and oxygen atoms in total. The Morgan fingerprint density at radius 3 is 2.75 bits per heavy atom. The van der Waals surface area contributed by atoms with Gasteiger partial charge in [-0.15, -0.1) is 11.6 Å². The normalized spacial score (nSPS) is 12.3. The third kappa shape index (κ3) is 2.41. The molecule has 0 radical (unpaired) electrons. The summed E-state index contributed by atoms with van der Waals surface area (Å²) in [6.45, 7) is 0. The van der Waals surface area contributed by atoms with Gasteiger partial charge in [0.05, 0.1) is 22.0 Å². The minimum Gasteiger partial charge on any atom is -0.353 e. The standard InChI is InChI=1S/C15H11Cl2NOS/c16-8-7-11(19)14-9(17)5-6-13-15(14)18-10-3-1-2-4-12(10)20-13/h1-6,18H,7-8H2. The van der Waals surface area contributed by atoms with Gasteiger partial charge in [-0.05, 0) is 24.3 Å². The first-order valence-corrected chi connectivity index (χ1v) is 7.89. The highest BCUT2D eigenvalue weighted by Gasteiger charge is 2.23. The van der Waals surface area contributed by atoms with E-state index in [1.807, 2.05) is 30.3 Å². The Hall–Kier alpha value is -1.16. The summed E-state index contributed by atoms with van der Waals surface area (Å²) in [5.74, 6) is 0.261. The van der Waals surface area contributed by atoms with E-state index in [0.29, 0.717) is 16.5 Å². The maximum Gasteiger partial charge on any atom is 0.167 e. The summed E-state index contributed by atoms with van der Waals surface area (Å²) in [6.07, 6.45) is 0.283. The molecule has 0 saturated carbocycles. The molecule has 0 aliphatic carbocycles. The lowest BCUT2D eigenvalue weighted by atomic mass is 10.1. The number of carbonyl (C=O) groups excluding carboxylic acids is 1. The third-order valence-electron chi connectivity index (χ3n) is 3.08. The molecule has 1 N–H and O–H groups in total. The molecule has 0 amide bonds. The number of nitrogens with one attached hydrogen (secondary N) is 1. The van der Waals surface area contributed by atoms with Crippen LogP contribution < -0.4 is 5.32 Å². The zero-order valence-electron chi connectivity index (χ0n) is 10.5. The first-order chi connectivity index (χ1) is 9.70. The molecular formula is C15H11Cl2NOS. The Morgan fingerprint density at radius 2 is 1.95 bits per heavy atom. The largest absolute Gasteiger partial charge is 0.353 e. The lowest BCUT2D eigenvalue weighted by Gasteiger charge is -2.23. The van der Waals surface area contributed by atoms with E-state index < -0.39 is 0 Å². The fourth-order valence-corrected chi connectivity index (χ4v) is 3.60. The summed E-state index contributed by atoms with van der Waals surface area (Å²) in [5.41, 5.74) is 2.32. The van der Waals surface area contributed by atoms with Crippen LogP contribution in [0.25, 0.3) is 0 Å². The van der Waals surface area contributed by atoms with E-state index in [-0.39, 0.29) is 12.2 Å². The van der Waals surface area contributed by atoms with Crippen molar-refractivity contribution in [3.8, 4) is 0 Å². The molecule has 2 aromatic carbocycles. The number of hydrogen-bond donors (Lipinski definition) is 1. The summed E-state index contributed by atoms with van der Waals surface area (Å²) in [4.78, 5) is 14.4. The molecule has 0 fully saturated rings. The Kier molecular flexibility index (Phi) is 3.92. The molecule has 0 aromatic heterocycles. The summed E-state index contributed by atoms with van der Waals surface area (Å²) in [7, 11) is 0. The molecule has 20 heavy (non-hydrogen) atoms. The van der Waals surface area contributed by atoms with Crippen LogP contribution in [0.4, 0.5) is 11.4 Å². The third-order valence-corrected chi connectivity index (χ3v) is 4.72. The van der Waals surface area contributed by atoms with Crippen molar-refractivity contribution < 1.29 is 4.79 Å². The fourth-order valence-electron chi connectivity index (χ4n) is 2.16. The van der Waals surface area contributed by atoms with Crippen molar-refractivity contribution in [2.45, 2.75) is 16.2 Å². The van der Waals surface area contributed by atoms with Crippen molar-refractivity contribution in [2.75, 3.05) is 11.2 Å². The predicted octanol–water partition coefficient (Wildman–Crippen LogP) is 5.36. The lowest BCUT2D eigenvalue weighted by Crippen LogP contribution is -2.09. The predicted molar refractivity (Wildman–Crippen MR) is 85.0 cm³/mol. The van der Waals surface area contributed by atoms with Crippen LogP contribution in [0.3, 0.4) is 0 Å². The number of ketones is 1. The van der Waals surface area contributed by atoms with Crippen LogP contribution in [0.1, 0.15) is 16.8 Å². The van der Waals surface area contributed by atoms with Crippen LogP contribution in [0.5, 0.6) is 0 Å². The van der Waals surface area contributed by atoms with Crippen LogP contribution in [0.15, 0.2) is 46.2 Å². The van der Waals surface area contributed by atoms with E-state index in [4.69, 9.17) is 23.2 Å². The number of hydrogen-bond acceptors (Lipinski definition) is 3. The van der Waals surface area contributed by atoms with Crippen LogP contribution in [0.2, 0.25) is 5.02 Å². The molecule has 5 heteroatoms. The molecule has 0 saturated heterocycles. The van der Waals surface area contributed by atoms with Gasteiger partial charge >= 0.3 is 0 Å². The van der Waals surface area contributed by atoms with Crippen molar-refractivity contribution in [3.05, 3.63) is 47.0 Å². The van der Waals surface area contributed by atoms with Gasteiger partial charge in [-0.2, -0.15) is 0 Å². The van der Waals surface area contributed by atoms with Gasteiger partial charge in [0, 0.05) is 22.1 Å². The van der Waals surface area contributed by atoms with Gasteiger partial charge in [-0.1, -0.05) is 35.5 Å². The number of fused-ring (bicyclic) bond motifs is 2. The lowest BCUT2D eigenvalue weighted by molar-refractivity contribution is 0.0990. The van der Waals surface area contributed by atoms with Crippen molar-refractivity contribution in [1.82, 2.24) is 0 Å². The van der Waals surface area contributed by atoms with Crippen molar-refractivity contribution >= 4 is 52.1 Å². The average Bonchev–Trinajstić information content (AvgIpc) is 2.45. The minimum absolute atomic E-state index is 0.0330. The van der Waals surface area contributed by atoms with Gasteiger partial charge in [-0.3, -0.25) is 4.79 Å². The molecule has 2 aromatic rings. The number of carbonyl (C=O) groups is 1. The number of anilines is 2. The van der Waals surface area contributed by atoms with E-state index in [2.05, 4.69) is 5.32 Å². The summed E-state index contributed by atoms with van der Waals surface area (Å²) >= 11 is 13.5. The van der Waals surface area contributed by atoms with Gasteiger partial charge in [0.1, 0.15) is 0 Å². The first kappa shape index (κ1) is 13.8. The second-order valence-corrected chi connectivity index (χ2v) is 6.25. The smallest absolute Gasteiger partial charge is 0.167 e. The number of rotatable bonds is 3. The topological polar surface area (TPSA) is 29.1 Å². The van der Waals surface area contributed by atoms with Crippen LogP contribution in [-0.2, 0) is 0 Å². The number of para-hydroxylation sites is 1. The average molecular weight is 324 g/mol. The van der Waals surface area contributed by atoms with Crippen LogP contribution in [0, 0.1) is 0 Å². The second kappa shape index (κ2) is 5.68. The number of benzene rings is 2. The molecule has 0 bridgehead atoms. The number of alkyl halides is 1. The first-order valence-electron chi connectivity index (χ1n) is 6.16. The molecule has 1 heterocycles. The van der Waals surface area contributed by atoms with Gasteiger partial charge < -0.3 is 5.32 Å². The van der Waals surface area contributed by atoms with Crippen molar-refractivity contribution in [3.63, 3.8) is 0 Å². The van der Waals surface area contributed by atoms with E-state index in [1.165, 1.54) is 0 Å². The number of halogens is 2. The maximum absolute atomic E-state index is 12.2. The Bertz CT molecular complexity index is 688. The highest BCUT2D eigenvalue weighted by molar-refractivity contribution is 7.99. The van der Waals surface area contributed by atoms with Gasteiger partial charge in [0.2, 0.25) is 0 Å². The molecule has 0 spiro atoms.